The molecule has 2 nitrogen and oxygen atoms in total. The largest absolute Gasteiger partial charge is 0.372 e. The fourth-order valence-corrected chi connectivity index (χ4v) is 2.40. The second kappa shape index (κ2) is 6.02. The quantitative estimate of drug-likeness (QED) is 0.840. The molecular weight excluding hydrogens is 198 g/mol. The fraction of sp³-hybridized carbons (Fsp3) is 0.571. The summed E-state index contributed by atoms with van der Waals surface area (Å²) in [5.41, 5.74) is 1.27. The zero-order valence-electron chi connectivity index (χ0n) is 9.99. The van der Waals surface area contributed by atoms with Crippen LogP contribution in [0.5, 0.6) is 0 Å². The smallest absolute Gasteiger partial charge is 0.0732 e. The normalized spacial score (nSPS) is 25.6. The molecule has 88 valence electrons. The van der Waals surface area contributed by atoms with Crippen molar-refractivity contribution in [3.8, 4) is 0 Å². The highest BCUT2D eigenvalue weighted by atomic mass is 16.5. The van der Waals surface area contributed by atoms with Crippen LogP contribution in [0.4, 0.5) is 0 Å². The lowest BCUT2D eigenvalue weighted by Crippen LogP contribution is -2.41. The first-order chi connectivity index (χ1) is 7.90. The molecule has 0 aromatic heterocycles. The van der Waals surface area contributed by atoms with Crippen LogP contribution in [0.1, 0.15) is 31.2 Å². The van der Waals surface area contributed by atoms with Gasteiger partial charge in [0, 0.05) is 6.04 Å². The molecule has 1 aromatic carbocycles. The van der Waals surface area contributed by atoms with Gasteiger partial charge in [-0.2, -0.15) is 0 Å². The first kappa shape index (κ1) is 11.6. The standard InChI is InChI=1S/C14H21NO/c1-15-13-9-5-6-10-14(13)16-11-12-7-3-2-4-8-12/h2-4,7-8,13-15H,5-6,9-11H2,1H3/t13-,14-/m1/s1. The van der Waals surface area contributed by atoms with Crippen LogP contribution in [0.25, 0.3) is 0 Å². The van der Waals surface area contributed by atoms with Crippen LogP contribution >= 0.6 is 0 Å². The highest BCUT2D eigenvalue weighted by Gasteiger charge is 2.23. The Morgan fingerprint density at radius 1 is 1.19 bits per heavy atom. The second-order valence-electron chi connectivity index (χ2n) is 4.51. The van der Waals surface area contributed by atoms with Gasteiger partial charge in [-0.25, -0.2) is 0 Å². The third-order valence-corrected chi connectivity index (χ3v) is 3.38. The molecule has 1 aromatic rings. The third-order valence-electron chi connectivity index (χ3n) is 3.38. The Hall–Kier alpha value is -0.860. The van der Waals surface area contributed by atoms with Gasteiger partial charge in [0.25, 0.3) is 0 Å². The molecule has 0 amide bonds. The van der Waals surface area contributed by atoms with Crippen LogP contribution in [0.15, 0.2) is 30.3 Å². The topological polar surface area (TPSA) is 21.3 Å². The molecule has 2 atom stereocenters. The highest BCUT2D eigenvalue weighted by Crippen LogP contribution is 2.22. The van der Waals surface area contributed by atoms with E-state index in [4.69, 9.17) is 4.74 Å². The lowest BCUT2D eigenvalue weighted by atomic mass is 9.92. The molecule has 0 aliphatic heterocycles. The van der Waals surface area contributed by atoms with Crippen LogP contribution in [0.3, 0.4) is 0 Å². The molecule has 0 radical (unpaired) electrons. The van der Waals surface area contributed by atoms with E-state index in [1.165, 1.54) is 31.2 Å². The number of rotatable bonds is 4. The number of benzene rings is 1. The van der Waals surface area contributed by atoms with Gasteiger partial charge in [-0.1, -0.05) is 43.2 Å². The van der Waals surface area contributed by atoms with E-state index in [0.29, 0.717) is 12.1 Å². The molecule has 1 N–H and O–H groups in total. The van der Waals surface area contributed by atoms with E-state index in [-0.39, 0.29) is 0 Å². The van der Waals surface area contributed by atoms with Crippen molar-refractivity contribution >= 4 is 0 Å². The molecule has 2 heteroatoms. The minimum Gasteiger partial charge on any atom is -0.372 e. The Morgan fingerprint density at radius 2 is 1.94 bits per heavy atom. The van der Waals surface area contributed by atoms with Crippen molar-refractivity contribution in [3.05, 3.63) is 35.9 Å². The van der Waals surface area contributed by atoms with Crippen molar-refractivity contribution in [1.82, 2.24) is 5.32 Å². The summed E-state index contributed by atoms with van der Waals surface area (Å²) in [6, 6.07) is 11.0. The maximum atomic E-state index is 6.01. The molecule has 1 fully saturated rings. The van der Waals surface area contributed by atoms with Crippen molar-refractivity contribution in [2.45, 2.75) is 44.4 Å². The van der Waals surface area contributed by atoms with Crippen LogP contribution in [-0.2, 0) is 11.3 Å². The highest BCUT2D eigenvalue weighted by molar-refractivity contribution is 5.13. The first-order valence-corrected chi connectivity index (χ1v) is 6.23. The lowest BCUT2D eigenvalue weighted by Gasteiger charge is -2.31. The summed E-state index contributed by atoms with van der Waals surface area (Å²) in [6.07, 6.45) is 5.46. The summed E-state index contributed by atoms with van der Waals surface area (Å²) in [4.78, 5) is 0. The van der Waals surface area contributed by atoms with Gasteiger partial charge >= 0.3 is 0 Å². The Bertz CT molecular complexity index is 299. The molecule has 0 bridgehead atoms. The molecular formula is C14H21NO. The molecule has 2 rings (SSSR count). The van der Waals surface area contributed by atoms with Gasteiger partial charge in [0.15, 0.2) is 0 Å². The fourth-order valence-electron chi connectivity index (χ4n) is 2.40. The summed E-state index contributed by atoms with van der Waals surface area (Å²) in [5, 5.41) is 3.37. The van der Waals surface area contributed by atoms with E-state index in [2.05, 4.69) is 29.6 Å². The Labute approximate surface area is 98.0 Å². The van der Waals surface area contributed by atoms with Crippen LogP contribution < -0.4 is 5.32 Å². The Balaban J connectivity index is 1.84. The van der Waals surface area contributed by atoms with Gasteiger partial charge in [0.05, 0.1) is 12.7 Å². The molecule has 16 heavy (non-hydrogen) atoms. The number of ether oxygens (including phenoxy) is 1. The van der Waals surface area contributed by atoms with Crippen molar-refractivity contribution in [2.75, 3.05) is 7.05 Å². The predicted molar refractivity (Wildman–Crippen MR) is 66.3 cm³/mol. The second-order valence-corrected chi connectivity index (χ2v) is 4.51. The number of likely N-dealkylation sites (N-methyl/N-ethyl adjacent to an activating group) is 1. The Kier molecular flexibility index (Phi) is 4.37. The van der Waals surface area contributed by atoms with Gasteiger partial charge in [-0.3, -0.25) is 0 Å². The van der Waals surface area contributed by atoms with Crippen LogP contribution in [-0.4, -0.2) is 19.2 Å². The third kappa shape index (κ3) is 3.06. The predicted octanol–water partition coefficient (Wildman–Crippen LogP) is 2.73. The maximum absolute atomic E-state index is 6.01. The molecule has 1 aliphatic rings. The van der Waals surface area contributed by atoms with Crippen molar-refractivity contribution in [2.24, 2.45) is 0 Å². The number of nitrogens with one attached hydrogen (secondary N) is 1. The number of hydrogen-bond donors (Lipinski definition) is 1. The molecule has 0 saturated heterocycles. The average Bonchev–Trinajstić information content (AvgIpc) is 2.38. The molecule has 1 aliphatic carbocycles. The van der Waals surface area contributed by atoms with E-state index >= 15 is 0 Å². The molecule has 1 saturated carbocycles. The monoisotopic (exact) mass is 219 g/mol. The zero-order valence-corrected chi connectivity index (χ0v) is 9.99. The molecule has 0 heterocycles. The number of hydrogen-bond acceptors (Lipinski definition) is 2. The molecule has 0 spiro atoms. The van der Waals surface area contributed by atoms with Crippen LogP contribution in [0.2, 0.25) is 0 Å². The summed E-state index contributed by atoms with van der Waals surface area (Å²) in [7, 11) is 2.04. The van der Waals surface area contributed by atoms with Gasteiger partial charge in [0.1, 0.15) is 0 Å². The van der Waals surface area contributed by atoms with Crippen molar-refractivity contribution < 1.29 is 4.74 Å². The summed E-state index contributed by atoms with van der Waals surface area (Å²) < 4.78 is 6.01. The van der Waals surface area contributed by atoms with E-state index in [0.717, 1.165) is 6.61 Å². The van der Waals surface area contributed by atoms with E-state index in [1.807, 2.05) is 13.1 Å². The van der Waals surface area contributed by atoms with Gasteiger partial charge in [-0.05, 0) is 25.5 Å². The summed E-state index contributed by atoms with van der Waals surface area (Å²) in [6.45, 7) is 0.740. The van der Waals surface area contributed by atoms with E-state index < -0.39 is 0 Å². The maximum Gasteiger partial charge on any atom is 0.0732 e. The summed E-state index contributed by atoms with van der Waals surface area (Å²) >= 11 is 0. The van der Waals surface area contributed by atoms with Crippen molar-refractivity contribution in [3.63, 3.8) is 0 Å². The summed E-state index contributed by atoms with van der Waals surface area (Å²) in [5.74, 6) is 0. The van der Waals surface area contributed by atoms with Crippen molar-refractivity contribution in [1.29, 1.82) is 0 Å². The van der Waals surface area contributed by atoms with Gasteiger partial charge in [-0.15, -0.1) is 0 Å². The lowest BCUT2D eigenvalue weighted by molar-refractivity contribution is -0.00361. The average molecular weight is 219 g/mol. The molecule has 0 unspecified atom stereocenters. The minimum absolute atomic E-state index is 0.388. The first-order valence-electron chi connectivity index (χ1n) is 6.23. The van der Waals surface area contributed by atoms with Gasteiger partial charge < -0.3 is 10.1 Å². The van der Waals surface area contributed by atoms with E-state index in [9.17, 15) is 0 Å². The zero-order chi connectivity index (χ0) is 11.2. The van der Waals surface area contributed by atoms with E-state index in [1.54, 1.807) is 0 Å². The van der Waals surface area contributed by atoms with Crippen LogP contribution in [0, 0.1) is 0 Å². The Morgan fingerprint density at radius 3 is 2.69 bits per heavy atom. The minimum atomic E-state index is 0.388. The van der Waals surface area contributed by atoms with Gasteiger partial charge in [0.2, 0.25) is 0 Å². The SMILES string of the molecule is CN[C@@H]1CCCC[C@H]1OCc1ccccc1.